The van der Waals surface area contributed by atoms with Gasteiger partial charge in [-0.1, -0.05) is 136 Å². The Morgan fingerprint density at radius 1 is 0.610 bits per heavy atom. The van der Waals surface area contributed by atoms with Crippen LogP contribution >= 0.6 is 8.53 Å². The first kappa shape index (κ1) is 88.4. The fourth-order valence-electron chi connectivity index (χ4n) is 15.7. The minimum Gasteiger partial charge on any atom is -0.497 e. The highest BCUT2D eigenvalue weighted by Gasteiger charge is 2.45. The van der Waals surface area contributed by atoms with Crippen molar-refractivity contribution in [2.45, 2.75) is 292 Å². The summed E-state index contributed by atoms with van der Waals surface area (Å²) in [6.07, 6.45) is 15.7. The van der Waals surface area contributed by atoms with Crippen LogP contribution in [0.25, 0.3) is 0 Å². The van der Waals surface area contributed by atoms with Crippen molar-refractivity contribution in [1.29, 1.82) is 5.26 Å². The molecule has 20 heteroatoms. The summed E-state index contributed by atoms with van der Waals surface area (Å²) in [7, 11) is 1.72. The van der Waals surface area contributed by atoms with E-state index in [9.17, 15) is 29.2 Å². The molecule has 1 saturated carbocycles. The number of nitrogens with one attached hydrogen (secondary N) is 3. The summed E-state index contributed by atoms with van der Waals surface area (Å²) in [5.41, 5.74) is 1.59. The second-order valence-corrected chi connectivity index (χ2v) is 32.2. The standard InChI is InChI=1S/C85H135N6O13P/c1-15-68-56-79(66(11)62(7)64(68)9)99-53-31-28-40-81(94)89-77(38-26-30-51-87-80(93)39-27-32-54-100-84-67(12)63(8)65(10)78(16-2)103-84)83(96)88-52-29-20-24-37-73(92)36-23-17-18-25-41-82(95)90-58-76(104-105(102-55-33-50-86)91(60(3)4)61(5)6)57-72(90)59-101-85(69-34-21-19-22-35-69,70-42-46-74(97-13)47-43-70)71-44-48-75(98-14)49-45-71/h19,21-22,34-35,42-49,60-68,72,76-79,84H,15-18,20,23-33,36-41,51-59H2,1-14H3,(H,87,93)(H,88,96)(H,89,94)/t62?,63?,64?,65?,66?,67?,68?,72-,76+,77-,78?,79?,84?,105?/m0/s1. The molecule has 3 aromatic carbocycles. The van der Waals surface area contributed by atoms with Crippen LogP contribution < -0.4 is 25.4 Å². The second-order valence-electron chi connectivity index (χ2n) is 30.7. The van der Waals surface area contributed by atoms with Crippen molar-refractivity contribution in [3.8, 4) is 17.6 Å². The van der Waals surface area contributed by atoms with E-state index in [1.165, 1.54) is 0 Å². The fraction of sp³-hybridized carbons (Fsp3) is 0.718. The molecule has 3 aromatic rings. The molecule has 3 fully saturated rings. The number of likely N-dealkylation sites (tertiary alicyclic amines) is 1. The predicted molar refractivity (Wildman–Crippen MR) is 417 cm³/mol. The number of nitriles is 1. The Bertz CT molecular complexity index is 2970. The van der Waals surface area contributed by atoms with E-state index < -0.39 is 20.2 Å². The molecule has 2 heterocycles. The first-order valence-corrected chi connectivity index (χ1v) is 41.5. The highest BCUT2D eigenvalue weighted by molar-refractivity contribution is 7.44. The average Bonchev–Trinajstić information content (AvgIpc) is 1.21. The van der Waals surface area contributed by atoms with E-state index in [0.29, 0.717) is 163 Å². The second kappa shape index (κ2) is 47.4. The molecule has 14 atom stereocenters. The van der Waals surface area contributed by atoms with Crippen LogP contribution in [0.5, 0.6) is 11.5 Å². The van der Waals surface area contributed by atoms with Gasteiger partial charge in [-0.15, -0.1) is 0 Å². The summed E-state index contributed by atoms with van der Waals surface area (Å²) in [6.45, 7) is 29.5. The summed E-state index contributed by atoms with van der Waals surface area (Å²) >= 11 is 0. The third-order valence-electron chi connectivity index (χ3n) is 22.8. The van der Waals surface area contributed by atoms with Crippen molar-refractivity contribution in [2.75, 3.05) is 60.3 Å². The lowest BCUT2D eigenvalue weighted by atomic mass is 9.66. The van der Waals surface area contributed by atoms with Crippen LogP contribution in [0.4, 0.5) is 0 Å². The molecule has 19 nitrogen and oxygen atoms in total. The normalized spacial score (nSPS) is 23.3. The maximum atomic E-state index is 14.7. The van der Waals surface area contributed by atoms with Gasteiger partial charge in [0.2, 0.25) is 23.6 Å². The zero-order chi connectivity index (χ0) is 76.3. The van der Waals surface area contributed by atoms with Crippen molar-refractivity contribution in [3.05, 3.63) is 95.6 Å². The summed E-state index contributed by atoms with van der Waals surface area (Å²) < 4.78 is 53.1. The van der Waals surface area contributed by atoms with Gasteiger partial charge in [-0.25, -0.2) is 4.67 Å². The van der Waals surface area contributed by atoms with Crippen LogP contribution in [-0.2, 0) is 57.6 Å². The number of ketones is 1. The van der Waals surface area contributed by atoms with E-state index in [-0.39, 0.29) is 91.8 Å². The fourth-order valence-corrected chi connectivity index (χ4v) is 17.4. The molecule has 6 rings (SSSR count). The van der Waals surface area contributed by atoms with Crippen LogP contribution in [0.15, 0.2) is 78.9 Å². The SMILES string of the molecule is CCC1CC(OCCCCC(=O)N[C@@H](CCCCNC(=O)CCCCOC2OC(CC)C(C)C(C)C2C)C(=O)NCCCCCC(=O)CCCCCCC(=O)N2C[C@H](OP(OCCC#N)N(C(C)C)C(C)C)C[C@H]2COC(c2ccccc2)(c2ccc(OC)cc2)c2ccc(OC)cc2)C(C)C(C)C1C. The Balaban J connectivity index is 0.961. The number of hydrogen-bond donors (Lipinski definition) is 3. The Hall–Kier alpha value is -5.55. The third-order valence-corrected chi connectivity index (χ3v) is 25.0. The molecule has 2 aliphatic heterocycles. The first-order valence-electron chi connectivity index (χ1n) is 40.4. The molecule has 1 aliphatic carbocycles. The third kappa shape index (κ3) is 27.8. The molecule has 588 valence electrons. The Kier molecular flexibility index (Phi) is 39.9. The van der Waals surface area contributed by atoms with Crippen molar-refractivity contribution in [1.82, 2.24) is 25.5 Å². The number of nitrogens with zero attached hydrogens (tertiary/aromatic N) is 3. The van der Waals surface area contributed by atoms with Gasteiger partial charge in [0.05, 0.1) is 64.3 Å². The van der Waals surface area contributed by atoms with Crippen LogP contribution in [0, 0.1) is 52.8 Å². The van der Waals surface area contributed by atoms with Gasteiger partial charge in [-0.2, -0.15) is 5.26 Å². The lowest BCUT2D eigenvalue weighted by Gasteiger charge is -2.43. The van der Waals surface area contributed by atoms with Crippen molar-refractivity contribution in [3.63, 3.8) is 0 Å². The Morgan fingerprint density at radius 3 is 1.77 bits per heavy atom. The molecule has 0 aromatic heterocycles. The van der Waals surface area contributed by atoms with Gasteiger partial charge in [-0.05, 0) is 194 Å². The minimum atomic E-state index is -1.58. The number of hydrogen-bond acceptors (Lipinski definition) is 15. The maximum Gasteiger partial charge on any atom is 0.259 e. The van der Waals surface area contributed by atoms with Gasteiger partial charge in [0.25, 0.3) is 8.53 Å². The molecule has 0 spiro atoms. The summed E-state index contributed by atoms with van der Waals surface area (Å²) in [6, 6.07) is 27.3. The Morgan fingerprint density at radius 2 is 1.17 bits per heavy atom. The smallest absolute Gasteiger partial charge is 0.259 e. The van der Waals surface area contributed by atoms with Gasteiger partial charge >= 0.3 is 0 Å². The van der Waals surface area contributed by atoms with E-state index in [2.05, 4.69) is 122 Å². The lowest BCUT2D eigenvalue weighted by Crippen LogP contribution is -2.47. The number of Topliss-reactive ketones (excluding diaryl/α,β-unsaturated/α-hetero) is 1. The topological polar surface area (TPSA) is 226 Å². The largest absolute Gasteiger partial charge is 0.497 e. The van der Waals surface area contributed by atoms with E-state index in [1.807, 2.05) is 71.6 Å². The van der Waals surface area contributed by atoms with Gasteiger partial charge < -0.3 is 58.3 Å². The van der Waals surface area contributed by atoms with Gasteiger partial charge in [0, 0.05) is 83.0 Å². The number of methoxy groups -OCH3 is 2. The van der Waals surface area contributed by atoms with Crippen molar-refractivity contribution < 1.29 is 61.4 Å². The van der Waals surface area contributed by atoms with Crippen molar-refractivity contribution >= 4 is 37.9 Å². The minimum absolute atomic E-state index is 0.00330. The number of amides is 4. The number of carbonyl (C=O) groups excluding carboxylic acids is 5. The van der Waals surface area contributed by atoms with Gasteiger partial charge in [0.15, 0.2) is 6.29 Å². The highest BCUT2D eigenvalue weighted by atomic mass is 31.2. The number of carbonyl (C=O) groups is 5. The average molecular weight is 1480 g/mol. The molecular formula is C85H135N6O13P. The zero-order valence-corrected chi connectivity index (χ0v) is 67.6. The predicted octanol–water partition coefficient (Wildman–Crippen LogP) is 16.8. The van der Waals surface area contributed by atoms with Crippen molar-refractivity contribution in [2.24, 2.45) is 41.4 Å². The maximum absolute atomic E-state index is 14.7. The van der Waals surface area contributed by atoms with E-state index in [0.717, 1.165) is 87.3 Å². The van der Waals surface area contributed by atoms with Gasteiger partial charge in [0.1, 0.15) is 28.9 Å². The summed E-state index contributed by atoms with van der Waals surface area (Å²) in [5, 5.41) is 18.6. The molecule has 0 radical (unpaired) electrons. The van der Waals surface area contributed by atoms with E-state index in [1.54, 1.807) is 14.2 Å². The monoisotopic (exact) mass is 1480 g/mol. The molecule has 3 aliphatic rings. The van der Waals surface area contributed by atoms with Crippen LogP contribution in [0.1, 0.15) is 254 Å². The van der Waals surface area contributed by atoms with Crippen LogP contribution in [0.3, 0.4) is 0 Å². The molecule has 3 N–H and O–H groups in total. The number of unbranched alkanes of at least 4 members (excludes halogenated alkanes) is 8. The number of rotatable bonds is 50. The number of ether oxygens (including phenoxy) is 6. The molecule has 11 unspecified atom stereocenters. The molecule has 2 saturated heterocycles. The zero-order valence-electron chi connectivity index (χ0n) is 66.7. The Labute approximate surface area is 633 Å². The molecule has 105 heavy (non-hydrogen) atoms. The molecule has 4 amide bonds. The van der Waals surface area contributed by atoms with Crippen LogP contribution in [-0.4, -0.2) is 148 Å². The number of benzene rings is 3. The summed E-state index contributed by atoms with van der Waals surface area (Å²) in [5.74, 6) is 5.05. The molecule has 0 bridgehead atoms. The molecular weight excluding hydrogens is 1340 g/mol. The summed E-state index contributed by atoms with van der Waals surface area (Å²) in [4.78, 5) is 69.8. The lowest BCUT2D eigenvalue weighted by molar-refractivity contribution is -0.248. The van der Waals surface area contributed by atoms with E-state index >= 15 is 0 Å². The first-order chi connectivity index (χ1) is 50.6. The highest BCUT2D eigenvalue weighted by Crippen LogP contribution is 2.50. The quantitative estimate of drug-likeness (QED) is 0.0271. The van der Waals surface area contributed by atoms with E-state index in [4.69, 9.17) is 37.5 Å². The van der Waals surface area contributed by atoms with Crippen LogP contribution in [0.2, 0.25) is 0 Å². The van der Waals surface area contributed by atoms with Gasteiger partial charge in [-0.3, -0.25) is 24.0 Å².